The summed E-state index contributed by atoms with van der Waals surface area (Å²) in [7, 11) is 0. The molecule has 1 saturated heterocycles. The highest BCUT2D eigenvalue weighted by molar-refractivity contribution is 6.15. The lowest BCUT2D eigenvalue weighted by molar-refractivity contribution is -0.222. The first-order chi connectivity index (χ1) is 9.39. The Morgan fingerprint density at radius 1 is 1.10 bits per heavy atom. The van der Waals surface area contributed by atoms with E-state index >= 15 is 0 Å². The molecule has 1 aromatic rings. The first kappa shape index (κ1) is 13.8. The van der Waals surface area contributed by atoms with Crippen LogP contribution in [0.5, 0.6) is 0 Å². The van der Waals surface area contributed by atoms with Crippen LogP contribution in [0.2, 0.25) is 0 Å². The molecule has 0 aromatic heterocycles. The molecule has 1 aliphatic rings. The molecule has 104 valence electrons. The van der Waals surface area contributed by atoms with E-state index in [-0.39, 0.29) is 5.57 Å². The van der Waals surface area contributed by atoms with Gasteiger partial charge < -0.3 is 14.8 Å². The van der Waals surface area contributed by atoms with Crippen LogP contribution in [0.4, 0.5) is 0 Å². The molecular weight excluding hydrogens is 262 g/mol. The number of nitrogens with one attached hydrogen (secondary N) is 1. The van der Waals surface area contributed by atoms with Gasteiger partial charge in [-0.05, 0) is 12.1 Å². The number of hydrogen-bond acceptors (Lipinski definition) is 5. The minimum atomic E-state index is -1.30. The van der Waals surface area contributed by atoms with Crippen LogP contribution < -0.4 is 5.32 Å². The highest BCUT2D eigenvalue weighted by atomic mass is 16.7. The summed E-state index contributed by atoms with van der Waals surface area (Å²) in [6.07, 6.45) is 0.995. The predicted molar refractivity (Wildman–Crippen MR) is 68.3 cm³/mol. The second-order valence-electron chi connectivity index (χ2n) is 4.58. The smallest absolute Gasteiger partial charge is 0.350 e. The van der Waals surface area contributed by atoms with Crippen LogP contribution >= 0.6 is 0 Å². The predicted octanol–water partition coefficient (Wildman–Crippen LogP) is 1.14. The number of carbonyl (C=O) groups is 3. The van der Waals surface area contributed by atoms with E-state index in [0.717, 1.165) is 6.20 Å². The molecule has 1 amide bonds. The van der Waals surface area contributed by atoms with Gasteiger partial charge in [0.05, 0.1) is 0 Å². The summed E-state index contributed by atoms with van der Waals surface area (Å²) < 4.78 is 9.79. The van der Waals surface area contributed by atoms with Crippen molar-refractivity contribution in [3.8, 4) is 0 Å². The van der Waals surface area contributed by atoms with E-state index in [4.69, 9.17) is 9.47 Å². The Morgan fingerprint density at radius 3 is 2.20 bits per heavy atom. The zero-order chi connectivity index (χ0) is 14.8. The second-order valence-corrected chi connectivity index (χ2v) is 4.58. The summed E-state index contributed by atoms with van der Waals surface area (Å²) in [5.41, 5.74) is 0.0517. The largest absolute Gasteiger partial charge is 0.419 e. The second kappa shape index (κ2) is 5.16. The van der Waals surface area contributed by atoms with Crippen LogP contribution in [-0.2, 0) is 19.1 Å². The van der Waals surface area contributed by atoms with Gasteiger partial charge in [-0.15, -0.1) is 0 Å². The maximum Gasteiger partial charge on any atom is 0.350 e. The normalized spacial score (nSPS) is 17.0. The number of rotatable bonds is 2. The van der Waals surface area contributed by atoms with Crippen LogP contribution in [0.25, 0.3) is 0 Å². The molecule has 0 bridgehead atoms. The molecule has 6 nitrogen and oxygen atoms in total. The van der Waals surface area contributed by atoms with Gasteiger partial charge in [-0.3, -0.25) is 4.79 Å². The molecule has 1 N–H and O–H groups in total. The fraction of sp³-hybridized carbons (Fsp3) is 0.214. The van der Waals surface area contributed by atoms with Gasteiger partial charge in [0.25, 0.3) is 11.7 Å². The SMILES string of the molecule is CC1(C)OC(=O)C(=CNC(=O)c2ccccc2)C(=O)O1. The van der Waals surface area contributed by atoms with Gasteiger partial charge in [0, 0.05) is 25.6 Å². The Morgan fingerprint density at radius 2 is 1.65 bits per heavy atom. The van der Waals surface area contributed by atoms with Crippen molar-refractivity contribution in [3.05, 3.63) is 47.7 Å². The third-order valence-electron chi connectivity index (χ3n) is 2.50. The van der Waals surface area contributed by atoms with Crippen molar-refractivity contribution in [2.75, 3.05) is 0 Å². The lowest BCUT2D eigenvalue weighted by Crippen LogP contribution is -2.42. The standard InChI is InChI=1S/C14H13NO5/c1-14(2)19-12(17)10(13(18)20-14)8-15-11(16)9-6-4-3-5-7-9/h3-8H,1-2H3,(H,15,16). The molecule has 20 heavy (non-hydrogen) atoms. The maximum atomic E-state index is 11.8. The molecule has 1 heterocycles. The molecule has 1 aromatic carbocycles. The van der Waals surface area contributed by atoms with Crippen molar-refractivity contribution in [1.82, 2.24) is 5.32 Å². The summed E-state index contributed by atoms with van der Waals surface area (Å²) in [6, 6.07) is 8.39. The van der Waals surface area contributed by atoms with Crippen molar-refractivity contribution in [3.63, 3.8) is 0 Å². The zero-order valence-corrected chi connectivity index (χ0v) is 11.0. The van der Waals surface area contributed by atoms with Crippen molar-refractivity contribution in [2.45, 2.75) is 19.6 Å². The van der Waals surface area contributed by atoms with Crippen LogP contribution in [0.3, 0.4) is 0 Å². The third kappa shape index (κ3) is 3.03. The van der Waals surface area contributed by atoms with Crippen LogP contribution in [0, 0.1) is 0 Å². The molecule has 2 rings (SSSR count). The van der Waals surface area contributed by atoms with Crippen molar-refractivity contribution >= 4 is 17.8 Å². The van der Waals surface area contributed by atoms with Crippen molar-refractivity contribution in [1.29, 1.82) is 0 Å². The number of ether oxygens (including phenoxy) is 2. The molecule has 6 heteroatoms. The first-order valence-corrected chi connectivity index (χ1v) is 5.92. The lowest BCUT2D eigenvalue weighted by Gasteiger charge is -2.29. The molecule has 1 aliphatic heterocycles. The molecule has 0 atom stereocenters. The van der Waals surface area contributed by atoms with Crippen molar-refractivity contribution < 1.29 is 23.9 Å². The van der Waals surface area contributed by atoms with E-state index in [2.05, 4.69) is 5.32 Å². The summed E-state index contributed by atoms with van der Waals surface area (Å²) in [6.45, 7) is 2.89. The van der Waals surface area contributed by atoms with E-state index in [0.29, 0.717) is 5.56 Å². The van der Waals surface area contributed by atoms with Gasteiger partial charge in [-0.2, -0.15) is 0 Å². The van der Waals surface area contributed by atoms with Crippen molar-refractivity contribution in [2.24, 2.45) is 0 Å². The highest BCUT2D eigenvalue weighted by Gasteiger charge is 2.39. The average molecular weight is 275 g/mol. The van der Waals surface area contributed by atoms with Gasteiger partial charge >= 0.3 is 11.9 Å². The van der Waals surface area contributed by atoms with Crippen LogP contribution in [0.1, 0.15) is 24.2 Å². The molecule has 0 aliphatic carbocycles. The number of esters is 2. The molecular formula is C14H13NO5. The van der Waals surface area contributed by atoms with Gasteiger partial charge in [0.1, 0.15) is 0 Å². The van der Waals surface area contributed by atoms with Crippen LogP contribution in [-0.4, -0.2) is 23.6 Å². The minimum Gasteiger partial charge on any atom is -0.419 e. The summed E-state index contributed by atoms with van der Waals surface area (Å²) in [5.74, 6) is -3.41. The fourth-order valence-electron chi connectivity index (χ4n) is 1.59. The van der Waals surface area contributed by atoms with E-state index in [9.17, 15) is 14.4 Å². The maximum absolute atomic E-state index is 11.8. The zero-order valence-electron chi connectivity index (χ0n) is 11.0. The van der Waals surface area contributed by atoms with E-state index in [1.165, 1.54) is 13.8 Å². The Balaban J connectivity index is 2.10. The molecule has 1 fully saturated rings. The monoisotopic (exact) mass is 275 g/mol. The number of amides is 1. The molecule has 0 saturated carbocycles. The number of cyclic esters (lactones) is 2. The van der Waals surface area contributed by atoms with Crippen LogP contribution in [0.15, 0.2) is 42.1 Å². The van der Waals surface area contributed by atoms with Gasteiger partial charge in [0.15, 0.2) is 5.57 Å². The van der Waals surface area contributed by atoms with E-state index in [1.807, 2.05) is 0 Å². The number of benzene rings is 1. The highest BCUT2D eigenvalue weighted by Crippen LogP contribution is 2.22. The Labute approximate surface area is 115 Å². The van der Waals surface area contributed by atoms with E-state index in [1.54, 1.807) is 30.3 Å². The van der Waals surface area contributed by atoms with Gasteiger partial charge in [-0.25, -0.2) is 9.59 Å². The summed E-state index contributed by atoms with van der Waals surface area (Å²) in [5, 5.41) is 2.35. The topological polar surface area (TPSA) is 81.7 Å². The average Bonchev–Trinajstić information content (AvgIpc) is 2.37. The molecule has 0 radical (unpaired) electrons. The molecule has 0 unspecified atom stereocenters. The van der Waals surface area contributed by atoms with E-state index < -0.39 is 23.6 Å². The fourth-order valence-corrected chi connectivity index (χ4v) is 1.59. The Hall–Kier alpha value is -2.63. The Bertz CT molecular complexity index is 567. The first-order valence-electron chi connectivity index (χ1n) is 5.92. The molecule has 0 spiro atoms. The summed E-state index contributed by atoms with van der Waals surface area (Å²) >= 11 is 0. The quantitative estimate of drug-likeness (QED) is 0.497. The lowest BCUT2D eigenvalue weighted by atomic mass is 10.2. The number of hydrogen-bond donors (Lipinski definition) is 1. The number of carbonyl (C=O) groups excluding carboxylic acids is 3. The van der Waals surface area contributed by atoms with Gasteiger partial charge in [-0.1, -0.05) is 18.2 Å². The third-order valence-corrected chi connectivity index (χ3v) is 2.50. The van der Waals surface area contributed by atoms with Gasteiger partial charge in [0.2, 0.25) is 0 Å². The summed E-state index contributed by atoms with van der Waals surface area (Å²) in [4.78, 5) is 35.0. The minimum absolute atomic E-state index is 0.353. The Kier molecular flexibility index (Phi) is 3.56.